The zero-order valence-corrected chi connectivity index (χ0v) is 10.4. The second-order valence-electron chi connectivity index (χ2n) is 5.11. The Hall–Kier alpha value is -1.52. The van der Waals surface area contributed by atoms with Gasteiger partial charge in [0.05, 0.1) is 11.4 Å². The van der Waals surface area contributed by atoms with E-state index in [1.54, 1.807) is 6.92 Å². The molecule has 1 heterocycles. The highest BCUT2D eigenvalue weighted by molar-refractivity contribution is 5.97. The summed E-state index contributed by atoms with van der Waals surface area (Å²) < 4.78 is 0. The average Bonchev–Trinajstić information content (AvgIpc) is 2.84. The van der Waals surface area contributed by atoms with E-state index in [2.05, 4.69) is 22.4 Å². The van der Waals surface area contributed by atoms with Crippen LogP contribution in [0, 0.1) is 18.8 Å². The Labute approximate surface area is 101 Å². The number of nitrogens with one attached hydrogen (secondary N) is 2. The number of amides is 1. The van der Waals surface area contributed by atoms with Gasteiger partial charge in [-0.2, -0.15) is 5.10 Å². The molecule has 0 bridgehead atoms. The van der Waals surface area contributed by atoms with E-state index in [1.165, 1.54) is 19.3 Å². The van der Waals surface area contributed by atoms with Crippen molar-refractivity contribution in [3.8, 4) is 0 Å². The summed E-state index contributed by atoms with van der Waals surface area (Å²) in [6, 6.07) is 0. The standard InChI is InChI=1S/C12H20N4O/c1-7-3-4-9(5-7)6-14-12(17)11-10(13)8(2)15-16-11/h7,9H,3-6,13H2,1-2H3,(H,14,17)(H,15,16). The van der Waals surface area contributed by atoms with E-state index in [0.29, 0.717) is 17.3 Å². The minimum absolute atomic E-state index is 0.175. The minimum Gasteiger partial charge on any atom is -0.395 e. The summed E-state index contributed by atoms with van der Waals surface area (Å²) in [7, 11) is 0. The molecule has 1 aliphatic carbocycles. The molecule has 1 saturated carbocycles. The van der Waals surface area contributed by atoms with Crippen LogP contribution >= 0.6 is 0 Å². The van der Waals surface area contributed by atoms with Crippen molar-refractivity contribution in [1.82, 2.24) is 15.5 Å². The maximum Gasteiger partial charge on any atom is 0.273 e. The summed E-state index contributed by atoms with van der Waals surface area (Å²) >= 11 is 0. The summed E-state index contributed by atoms with van der Waals surface area (Å²) in [5.74, 6) is 1.22. The number of hydrogen-bond acceptors (Lipinski definition) is 3. The van der Waals surface area contributed by atoms with E-state index < -0.39 is 0 Å². The van der Waals surface area contributed by atoms with Crippen LogP contribution in [0.3, 0.4) is 0 Å². The number of nitrogens with zero attached hydrogens (tertiary/aromatic N) is 1. The van der Waals surface area contributed by atoms with Gasteiger partial charge < -0.3 is 11.1 Å². The van der Waals surface area contributed by atoms with E-state index in [4.69, 9.17) is 5.73 Å². The highest BCUT2D eigenvalue weighted by Crippen LogP contribution is 2.29. The number of nitrogens with two attached hydrogens (primary N) is 1. The highest BCUT2D eigenvalue weighted by atomic mass is 16.1. The molecule has 0 radical (unpaired) electrons. The quantitative estimate of drug-likeness (QED) is 0.743. The van der Waals surface area contributed by atoms with Crippen LogP contribution in [0.25, 0.3) is 0 Å². The first-order valence-electron chi connectivity index (χ1n) is 6.16. The van der Waals surface area contributed by atoms with Gasteiger partial charge in [0.25, 0.3) is 5.91 Å². The molecule has 1 fully saturated rings. The number of carbonyl (C=O) groups excluding carboxylic acids is 1. The fourth-order valence-electron chi connectivity index (χ4n) is 2.44. The zero-order chi connectivity index (χ0) is 12.4. The maximum atomic E-state index is 11.8. The van der Waals surface area contributed by atoms with Crippen LogP contribution in [-0.4, -0.2) is 22.6 Å². The van der Waals surface area contributed by atoms with Gasteiger partial charge in [-0.05, 0) is 31.6 Å². The molecule has 1 amide bonds. The topological polar surface area (TPSA) is 83.8 Å². The number of carbonyl (C=O) groups is 1. The van der Waals surface area contributed by atoms with Gasteiger partial charge in [0.2, 0.25) is 0 Å². The number of aryl methyl sites for hydroxylation is 1. The zero-order valence-electron chi connectivity index (χ0n) is 10.4. The number of aromatic nitrogens is 2. The van der Waals surface area contributed by atoms with Crippen molar-refractivity contribution in [2.24, 2.45) is 11.8 Å². The lowest BCUT2D eigenvalue weighted by atomic mass is 10.1. The lowest BCUT2D eigenvalue weighted by Crippen LogP contribution is -2.29. The van der Waals surface area contributed by atoms with Crippen molar-refractivity contribution in [3.05, 3.63) is 11.4 Å². The number of H-pyrrole nitrogens is 1. The van der Waals surface area contributed by atoms with E-state index in [0.717, 1.165) is 18.2 Å². The Bertz CT molecular complexity index is 413. The molecule has 2 atom stereocenters. The first-order chi connectivity index (χ1) is 8.08. The minimum atomic E-state index is -0.175. The van der Waals surface area contributed by atoms with Gasteiger partial charge in [-0.1, -0.05) is 13.3 Å². The van der Waals surface area contributed by atoms with Crippen molar-refractivity contribution in [2.45, 2.75) is 33.1 Å². The third-order valence-corrected chi connectivity index (χ3v) is 3.56. The molecule has 1 aromatic heterocycles. The number of hydrogen-bond donors (Lipinski definition) is 3. The second kappa shape index (κ2) is 4.77. The molecule has 0 aromatic carbocycles. The first kappa shape index (κ1) is 12.0. The Morgan fingerprint density at radius 1 is 1.59 bits per heavy atom. The lowest BCUT2D eigenvalue weighted by molar-refractivity contribution is 0.0943. The van der Waals surface area contributed by atoms with Crippen molar-refractivity contribution >= 4 is 11.6 Å². The number of anilines is 1. The fraction of sp³-hybridized carbons (Fsp3) is 0.667. The van der Waals surface area contributed by atoms with Gasteiger partial charge >= 0.3 is 0 Å². The van der Waals surface area contributed by atoms with Crippen molar-refractivity contribution in [1.29, 1.82) is 0 Å². The monoisotopic (exact) mass is 236 g/mol. The molecule has 0 aliphatic heterocycles. The van der Waals surface area contributed by atoms with E-state index in [-0.39, 0.29) is 5.91 Å². The van der Waals surface area contributed by atoms with Gasteiger partial charge in [-0.3, -0.25) is 9.89 Å². The summed E-state index contributed by atoms with van der Waals surface area (Å²) in [5.41, 5.74) is 7.26. The third kappa shape index (κ3) is 2.60. The molecule has 0 saturated heterocycles. The molecule has 4 N–H and O–H groups in total. The molecule has 94 valence electrons. The van der Waals surface area contributed by atoms with Gasteiger partial charge in [-0.25, -0.2) is 0 Å². The van der Waals surface area contributed by atoms with Crippen LogP contribution in [-0.2, 0) is 0 Å². The largest absolute Gasteiger partial charge is 0.395 e. The number of aromatic amines is 1. The molecule has 17 heavy (non-hydrogen) atoms. The van der Waals surface area contributed by atoms with Gasteiger partial charge in [0.1, 0.15) is 0 Å². The van der Waals surface area contributed by atoms with Gasteiger partial charge in [0, 0.05) is 6.54 Å². The first-order valence-corrected chi connectivity index (χ1v) is 6.16. The van der Waals surface area contributed by atoms with Crippen LogP contribution < -0.4 is 11.1 Å². The highest BCUT2D eigenvalue weighted by Gasteiger charge is 2.22. The molecule has 1 aromatic rings. The van der Waals surface area contributed by atoms with Crippen LogP contribution in [0.4, 0.5) is 5.69 Å². The molecule has 1 aliphatic rings. The Morgan fingerprint density at radius 2 is 2.35 bits per heavy atom. The summed E-state index contributed by atoms with van der Waals surface area (Å²) in [5, 5.41) is 9.54. The van der Waals surface area contributed by atoms with E-state index >= 15 is 0 Å². The summed E-state index contributed by atoms with van der Waals surface area (Å²) in [6.45, 7) is 4.79. The number of nitrogen functional groups attached to an aromatic ring is 1. The lowest BCUT2D eigenvalue weighted by Gasteiger charge is -2.10. The SMILES string of the molecule is Cc1[nH]nc(C(=O)NCC2CCC(C)C2)c1N. The van der Waals surface area contributed by atoms with Crippen molar-refractivity contribution in [3.63, 3.8) is 0 Å². The van der Waals surface area contributed by atoms with Crippen molar-refractivity contribution < 1.29 is 4.79 Å². The molecular weight excluding hydrogens is 216 g/mol. The predicted molar refractivity (Wildman–Crippen MR) is 66.6 cm³/mol. The summed E-state index contributed by atoms with van der Waals surface area (Å²) in [4.78, 5) is 11.8. The normalized spacial score (nSPS) is 23.9. The van der Waals surface area contributed by atoms with Crippen LogP contribution in [0.1, 0.15) is 42.4 Å². The molecule has 2 unspecified atom stereocenters. The Morgan fingerprint density at radius 3 is 2.88 bits per heavy atom. The molecule has 5 heteroatoms. The molecule has 0 spiro atoms. The number of rotatable bonds is 3. The fourth-order valence-corrected chi connectivity index (χ4v) is 2.44. The molecule has 5 nitrogen and oxygen atoms in total. The van der Waals surface area contributed by atoms with Crippen LogP contribution in [0.5, 0.6) is 0 Å². The van der Waals surface area contributed by atoms with Crippen molar-refractivity contribution in [2.75, 3.05) is 12.3 Å². The maximum absolute atomic E-state index is 11.8. The van der Waals surface area contributed by atoms with Crippen LogP contribution in [0.15, 0.2) is 0 Å². The molecular formula is C12H20N4O. The molecule has 2 rings (SSSR count). The smallest absolute Gasteiger partial charge is 0.273 e. The Kier molecular flexibility index (Phi) is 3.36. The predicted octanol–water partition coefficient (Wildman–Crippen LogP) is 1.47. The van der Waals surface area contributed by atoms with Gasteiger partial charge in [-0.15, -0.1) is 0 Å². The second-order valence-corrected chi connectivity index (χ2v) is 5.11. The average molecular weight is 236 g/mol. The van der Waals surface area contributed by atoms with Crippen LogP contribution in [0.2, 0.25) is 0 Å². The van der Waals surface area contributed by atoms with E-state index in [9.17, 15) is 4.79 Å². The van der Waals surface area contributed by atoms with E-state index in [1.807, 2.05) is 0 Å². The van der Waals surface area contributed by atoms with Gasteiger partial charge in [0.15, 0.2) is 5.69 Å². The Balaban J connectivity index is 1.87. The third-order valence-electron chi connectivity index (χ3n) is 3.56. The summed E-state index contributed by atoms with van der Waals surface area (Å²) in [6.07, 6.45) is 3.68.